The van der Waals surface area contributed by atoms with Crippen LogP contribution in [0.5, 0.6) is 0 Å². The van der Waals surface area contributed by atoms with Gasteiger partial charge in [0.1, 0.15) is 0 Å². The van der Waals surface area contributed by atoms with Crippen LogP contribution in [0.1, 0.15) is 0 Å². The van der Waals surface area contributed by atoms with Crippen molar-refractivity contribution >= 4 is 34.9 Å². The minimum absolute atomic E-state index is 0.134. The van der Waals surface area contributed by atoms with E-state index >= 15 is 0 Å². The Labute approximate surface area is 121 Å². The number of urea groups is 1. The standard InChI is InChI=1S/C12H15Cl2N3O2/c13-8-1-2-10(14)11(5-8)17-12(18)16-6-9-7-19-4-3-15-9/h1-2,5,9,15H,3-4,6-7H2,(H2,16,17,18). The van der Waals surface area contributed by atoms with Gasteiger partial charge in [-0.25, -0.2) is 4.79 Å². The number of hydrogen-bond acceptors (Lipinski definition) is 3. The predicted octanol–water partition coefficient (Wildman–Crippen LogP) is 2.10. The molecule has 0 saturated carbocycles. The summed E-state index contributed by atoms with van der Waals surface area (Å²) < 4.78 is 5.29. The van der Waals surface area contributed by atoms with Crippen molar-refractivity contribution in [3.63, 3.8) is 0 Å². The van der Waals surface area contributed by atoms with Crippen molar-refractivity contribution in [1.29, 1.82) is 0 Å². The monoisotopic (exact) mass is 303 g/mol. The molecule has 1 aromatic carbocycles. The summed E-state index contributed by atoms with van der Waals surface area (Å²) >= 11 is 11.8. The number of halogens is 2. The van der Waals surface area contributed by atoms with Crippen LogP contribution in [0.3, 0.4) is 0 Å². The van der Waals surface area contributed by atoms with Crippen LogP contribution in [0.4, 0.5) is 10.5 Å². The lowest BCUT2D eigenvalue weighted by Crippen LogP contribution is -2.49. The van der Waals surface area contributed by atoms with Gasteiger partial charge in [-0.2, -0.15) is 0 Å². The van der Waals surface area contributed by atoms with Crippen molar-refractivity contribution in [2.45, 2.75) is 6.04 Å². The smallest absolute Gasteiger partial charge is 0.319 e. The minimum Gasteiger partial charge on any atom is -0.378 e. The number of hydrogen-bond donors (Lipinski definition) is 3. The zero-order chi connectivity index (χ0) is 13.7. The summed E-state index contributed by atoms with van der Waals surface area (Å²) in [7, 11) is 0. The van der Waals surface area contributed by atoms with Gasteiger partial charge in [-0.15, -0.1) is 0 Å². The molecule has 0 bridgehead atoms. The molecule has 0 spiro atoms. The minimum atomic E-state index is -0.323. The Bertz CT molecular complexity index is 451. The van der Waals surface area contributed by atoms with Crippen molar-refractivity contribution in [3.8, 4) is 0 Å². The Morgan fingerprint density at radius 3 is 3.05 bits per heavy atom. The maximum absolute atomic E-state index is 11.7. The number of nitrogens with one attached hydrogen (secondary N) is 3. The number of ether oxygens (including phenoxy) is 1. The first-order valence-electron chi connectivity index (χ1n) is 5.96. The molecule has 1 fully saturated rings. The normalized spacial score (nSPS) is 18.9. The first-order chi connectivity index (χ1) is 9.15. The van der Waals surface area contributed by atoms with Crippen molar-refractivity contribution in [3.05, 3.63) is 28.2 Å². The number of amides is 2. The summed E-state index contributed by atoms with van der Waals surface area (Å²) in [4.78, 5) is 11.7. The molecule has 5 nitrogen and oxygen atoms in total. The van der Waals surface area contributed by atoms with Gasteiger partial charge in [-0.05, 0) is 18.2 Å². The van der Waals surface area contributed by atoms with Crippen molar-refractivity contribution in [1.82, 2.24) is 10.6 Å². The Kier molecular flexibility index (Phi) is 5.27. The van der Waals surface area contributed by atoms with Crippen LogP contribution >= 0.6 is 23.2 Å². The Morgan fingerprint density at radius 2 is 2.32 bits per heavy atom. The molecule has 104 valence electrons. The highest BCUT2D eigenvalue weighted by atomic mass is 35.5. The number of anilines is 1. The number of carbonyl (C=O) groups is 1. The van der Waals surface area contributed by atoms with Crippen LogP contribution in [0.15, 0.2) is 18.2 Å². The van der Waals surface area contributed by atoms with Crippen molar-refractivity contribution in [2.75, 3.05) is 31.6 Å². The Morgan fingerprint density at radius 1 is 1.47 bits per heavy atom. The second-order valence-corrected chi connectivity index (χ2v) is 5.03. The molecule has 2 amide bonds. The van der Waals surface area contributed by atoms with Gasteiger partial charge >= 0.3 is 6.03 Å². The first-order valence-corrected chi connectivity index (χ1v) is 6.72. The lowest BCUT2D eigenvalue weighted by Gasteiger charge is -2.24. The van der Waals surface area contributed by atoms with E-state index < -0.39 is 0 Å². The van der Waals surface area contributed by atoms with Gasteiger partial charge < -0.3 is 20.7 Å². The van der Waals surface area contributed by atoms with Crippen LogP contribution < -0.4 is 16.0 Å². The molecule has 2 rings (SSSR count). The summed E-state index contributed by atoms with van der Waals surface area (Å²) in [6.45, 7) is 2.59. The van der Waals surface area contributed by atoms with E-state index in [0.717, 1.165) is 6.54 Å². The third kappa shape index (κ3) is 4.54. The summed E-state index contributed by atoms with van der Waals surface area (Å²) in [5.41, 5.74) is 0.486. The molecule has 0 aromatic heterocycles. The topological polar surface area (TPSA) is 62.4 Å². The molecular weight excluding hydrogens is 289 g/mol. The molecule has 1 aliphatic heterocycles. The highest BCUT2D eigenvalue weighted by Gasteiger charge is 2.14. The zero-order valence-electron chi connectivity index (χ0n) is 10.2. The Balaban J connectivity index is 1.81. The van der Waals surface area contributed by atoms with E-state index in [9.17, 15) is 4.79 Å². The van der Waals surface area contributed by atoms with Crippen LogP contribution in [-0.2, 0) is 4.74 Å². The fourth-order valence-corrected chi connectivity index (χ4v) is 2.06. The number of benzene rings is 1. The van der Waals surface area contributed by atoms with E-state index in [2.05, 4.69) is 16.0 Å². The van der Waals surface area contributed by atoms with Gasteiger partial charge in [-0.1, -0.05) is 23.2 Å². The van der Waals surface area contributed by atoms with Crippen LogP contribution in [0, 0.1) is 0 Å². The van der Waals surface area contributed by atoms with E-state index in [1.54, 1.807) is 18.2 Å². The molecule has 1 saturated heterocycles. The molecule has 1 atom stereocenters. The van der Waals surface area contributed by atoms with E-state index in [4.69, 9.17) is 27.9 Å². The molecule has 19 heavy (non-hydrogen) atoms. The highest BCUT2D eigenvalue weighted by molar-refractivity contribution is 6.35. The third-order valence-corrected chi connectivity index (χ3v) is 3.25. The van der Waals surface area contributed by atoms with Gasteiger partial charge in [0, 0.05) is 24.2 Å². The SMILES string of the molecule is O=C(NCC1COCCN1)Nc1cc(Cl)ccc1Cl. The average molecular weight is 304 g/mol. The van der Waals surface area contributed by atoms with Crippen molar-refractivity contribution < 1.29 is 9.53 Å². The number of carbonyl (C=O) groups excluding carboxylic acids is 1. The maximum Gasteiger partial charge on any atom is 0.319 e. The quantitative estimate of drug-likeness (QED) is 0.801. The van der Waals surface area contributed by atoms with E-state index in [0.29, 0.717) is 35.5 Å². The molecule has 0 radical (unpaired) electrons. The molecule has 1 unspecified atom stereocenters. The molecule has 0 aliphatic carbocycles. The van der Waals surface area contributed by atoms with Gasteiger partial charge in [0.25, 0.3) is 0 Å². The van der Waals surface area contributed by atoms with E-state index in [1.807, 2.05) is 0 Å². The summed E-state index contributed by atoms with van der Waals surface area (Å²) in [6, 6.07) is 4.71. The predicted molar refractivity (Wildman–Crippen MR) is 76.1 cm³/mol. The second kappa shape index (κ2) is 6.96. The van der Waals surface area contributed by atoms with Crippen LogP contribution in [0.2, 0.25) is 10.0 Å². The lowest BCUT2D eigenvalue weighted by atomic mass is 10.3. The van der Waals surface area contributed by atoms with Gasteiger partial charge in [0.05, 0.1) is 23.9 Å². The molecular formula is C12H15Cl2N3O2. The van der Waals surface area contributed by atoms with Gasteiger partial charge in [-0.3, -0.25) is 0 Å². The van der Waals surface area contributed by atoms with Gasteiger partial charge in [0.15, 0.2) is 0 Å². The lowest BCUT2D eigenvalue weighted by molar-refractivity contribution is 0.0776. The van der Waals surface area contributed by atoms with Crippen LogP contribution in [-0.4, -0.2) is 38.4 Å². The molecule has 7 heteroatoms. The summed E-state index contributed by atoms with van der Waals surface area (Å²) in [5.74, 6) is 0. The highest BCUT2D eigenvalue weighted by Crippen LogP contribution is 2.25. The molecule has 1 heterocycles. The zero-order valence-corrected chi connectivity index (χ0v) is 11.7. The fraction of sp³-hybridized carbons (Fsp3) is 0.417. The third-order valence-electron chi connectivity index (χ3n) is 2.68. The van der Waals surface area contributed by atoms with E-state index in [-0.39, 0.29) is 12.1 Å². The summed E-state index contributed by atoms with van der Waals surface area (Å²) in [6.07, 6.45) is 0. The number of morpholine rings is 1. The molecule has 1 aromatic rings. The van der Waals surface area contributed by atoms with E-state index in [1.165, 1.54) is 0 Å². The molecule has 1 aliphatic rings. The first kappa shape index (κ1) is 14.4. The summed E-state index contributed by atoms with van der Waals surface area (Å²) in [5, 5.41) is 9.61. The Hall–Kier alpha value is -1.01. The fourth-order valence-electron chi connectivity index (χ4n) is 1.73. The number of rotatable bonds is 3. The maximum atomic E-state index is 11.7. The second-order valence-electron chi connectivity index (χ2n) is 4.19. The largest absolute Gasteiger partial charge is 0.378 e. The molecule has 3 N–H and O–H groups in total. The van der Waals surface area contributed by atoms with Crippen LogP contribution in [0.25, 0.3) is 0 Å². The van der Waals surface area contributed by atoms with Gasteiger partial charge in [0.2, 0.25) is 0 Å². The average Bonchev–Trinajstić information content (AvgIpc) is 2.42. The van der Waals surface area contributed by atoms with Crippen molar-refractivity contribution in [2.24, 2.45) is 0 Å².